The second-order valence-electron chi connectivity index (χ2n) is 5.60. The predicted molar refractivity (Wildman–Crippen MR) is 76.0 cm³/mol. The summed E-state index contributed by atoms with van der Waals surface area (Å²) in [4.78, 5) is 18.0. The summed E-state index contributed by atoms with van der Waals surface area (Å²) in [6.45, 7) is 5.71. The van der Waals surface area contributed by atoms with Crippen molar-refractivity contribution in [3.8, 4) is 0 Å². The SMILES string of the molecule is CC(C)Cc1nsc(N2CCC(N)(C(N)=O)CC2)n1. The van der Waals surface area contributed by atoms with Crippen molar-refractivity contribution in [3.05, 3.63) is 5.82 Å². The molecule has 1 amide bonds. The summed E-state index contributed by atoms with van der Waals surface area (Å²) < 4.78 is 4.37. The third-order valence-corrected chi connectivity index (χ3v) is 4.28. The van der Waals surface area contributed by atoms with Gasteiger partial charge in [-0.05, 0) is 18.8 Å². The van der Waals surface area contributed by atoms with E-state index in [0.29, 0.717) is 31.8 Å². The largest absolute Gasteiger partial charge is 0.368 e. The quantitative estimate of drug-likeness (QED) is 0.839. The third-order valence-electron chi connectivity index (χ3n) is 3.47. The van der Waals surface area contributed by atoms with Gasteiger partial charge in [-0.1, -0.05) is 13.8 Å². The van der Waals surface area contributed by atoms with Crippen LogP contribution in [0.4, 0.5) is 5.13 Å². The molecule has 1 aliphatic rings. The van der Waals surface area contributed by atoms with Crippen molar-refractivity contribution in [1.82, 2.24) is 9.36 Å². The molecule has 2 rings (SSSR count). The molecule has 2 heterocycles. The van der Waals surface area contributed by atoms with E-state index in [1.54, 1.807) is 0 Å². The lowest BCUT2D eigenvalue weighted by molar-refractivity contribution is -0.123. The summed E-state index contributed by atoms with van der Waals surface area (Å²) in [6, 6.07) is 0. The summed E-state index contributed by atoms with van der Waals surface area (Å²) in [6.07, 6.45) is 2.04. The number of nitrogens with zero attached hydrogens (tertiary/aromatic N) is 3. The van der Waals surface area contributed by atoms with Gasteiger partial charge in [-0.25, -0.2) is 4.98 Å². The molecule has 0 aliphatic carbocycles. The number of anilines is 1. The van der Waals surface area contributed by atoms with Gasteiger partial charge in [-0.15, -0.1) is 0 Å². The highest BCUT2D eigenvalue weighted by Crippen LogP contribution is 2.26. The van der Waals surface area contributed by atoms with Crippen LogP contribution in [0.5, 0.6) is 0 Å². The van der Waals surface area contributed by atoms with E-state index < -0.39 is 11.4 Å². The Labute approximate surface area is 117 Å². The second kappa shape index (κ2) is 5.42. The minimum Gasteiger partial charge on any atom is -0.368 e. The summed E-state index contributed by atoms with van der Waals surface area (Å²) in [5.74, 6) is 1.04. The maximum absolute atomic E-state index is 11.3. The second-order valence-corrected chi connectivity index (χ2v) is 6.33. The van der Waals surface area contributed by atoms with Gasteiger partial charge in [0.15, 0.2) is 0 Å². The Balaban J connectivity index is 1.98. The normalized spacial score (nSPS) is 18.8. The van der Waals surface area contributed by atoms with Gasteiger partial charge < -0.3 is 16.4 Å². The molecule has 0 aromatic carbocycles. The van der Waals surface area contributed by atoms with Crippen LogP contribution in [0.1, 0.15) is 32.5 Å². The van der Waals surface area contributed by atoms with Gasteiger partial charge >= 0.3 is 0 Å². The first-order valence-electron chi connectivity index (χ1n) is 6.57. The van der Waals surface area contributed by atoms with Crippen LogP contribution in [-0.2, 0) is 11.2 Å². The molecule has 6 nitrogen and oxygen atoms in total. The molecule has 0 spiro atoms. The fourth-order valence-corrected chi connectivity index (χ4v) is 2.91. The predicted octanol–water partition coefficient (Wildman–Crippen LogP) is 0.520. The molecule has 1 aliphatic heterocycles. The fourth-order valence-electron chi connectivity index (χ4n) is 2.16. The van der Waals surface area contributed by atoms with Crippen molar-refractivity contribution in [2.75, 3.05) is 18.0 Å². The van der Waals surface area contributed by atoms with Crippen LogP contribution in [-0.4, -0.2) is 33.9 Å². The molecule has 106 valence electrons. The summed E-state index contributed by atoms with van der Waals surface area (Å²) in [5.41, 5.74) is 10.5. The number of piperidine rings is 1. The van der Waals surface area contributed by atoms with E-state index in [1.807, 2.05) is 0 Å². The smallest absolute Gasteiger partial charge is 0.237 e. The van der Waals surface area contributed by atoms with E-state index in [1.165, 1.54) is 11.5 Å². The molecule has 0 radical (unpaired) electrons. The highest BCUT2D eigenvalue weighted by atomic mass is 32.1. The molecule has 1 aromatic rings. The Morgan fingerprint density at radius 1 is 1.47 bits per heavy atom. The number of nitrogens with two attached hydrogens (primary N) is 2. The Morgan fingerprint density at radius 2 is 2.11 bits per heavy atom. The third kappa shape index (κ3) is 3.22. The Hall–Kier alpha value is -1.21. The maximum atomic E-state index is 11.3. The van der Waals surface area contributed by atoms with Gasteiger partial charge in [-0.2, -0.15) is 4.37 Å². The lowest BCUT2D eigenvalue weighted by Gasteiger charge is -2.36. The average molecular weight is 283 g/mol. The molecule has 0 bridgehead atoms. The number of hydrogen-bond acceptors (Lipinski definition) is 6. The van der Waals surface area contributed by atoms with E-state index in [4.69, 9.17) is 11.5 Å². The highest BCUT2D eigenvalue weighted by Gasteiger charge is 2.36. The van der Waals surface area contributed by atoms with Crippen LogP contribution >= 0.6 is 11.5 Å². The van der Waals surface area contributed by atoms with Crippen LogP contribution < -0.4 is 16.4 Å². The zero-order valence-electron chi connectivity index (χ0n) is 11.4. The first-order valence-corrected chi connectivity index (χ1v) is 7.34. The van der Waals surface area contributed by atoms with E-state index >= 15 is 0 Å². The van der Waals surface area contributed by atoms with Crippen molar-refractivity contribution in [1.29, 1.82) is 0 Å². The topological polar surface area (TPSA) is 98.1 Å². The fraction of sp³-hybridized carbons (Fsp3) is 0.750. The summed E-state index contributed by atoms with van der Waals surface area (Å²) >= 11 is 1.41. The minimum absolute atomic E-state index is 0.412. The first kappa shape index (κ1) is 14.2. The van der Waals surface area contributed by atoms with E-state index in [2.05, 4.69) is 28.1 Å². The van der Waals surface area contributed by atoms with Gasteiger partial charge in [0.05, 0.1) is 5.54 Å². The van der Waals surface area contributed by atoms with E-state index in [9.17, 15) is 4.79 Å². The van der Waals surface area contributed by atoms with Gasteiger partial charge in [0.25, 0.3) is 0 Å². The molecule has 1 fully saturated rings. The first-order chi connectivity index (χ1) is 8.90. The van der Waals surface area contributed by atoms with Crippen molar-refractivity contribution >= 4 is 22.6 Å². The van der Waals surface area contributed by atoms with Crippen LogP contribution in [0.2, 0.25) is 0 Å². The monoisotopic (exact) mass is 283 g/mol. The number of amides is 1. The zero-order valence-corrected chi connectivity index (χ0v) is 12.2. The Bertz CT molecular complexity index is 451. The van der Waals surface area contributed by atoms with Gasteiger partial charge in [0.1, 0.15) is 5.82 Å². The zero-order chi connectivity index (χ0) is 14.0. The molecule has 0 atom stereocenters. The molecular formula is C12H21N5OS. The highest BCUT2D eigenvalue weighted by molar-refractivity contribution is 7.09. The van der Waals surface area contributed by atoms with Crippen molar-refractivity contribution < 1.29 is 4.79 Å². The van der Waals surface area contributed by atoms with Crippen molar-refractivity contribution in [3.63, 3.8) is 0 Å². The number of carbonyl (C=O) groups excluding carboxylic acids is 1. The van der Waals surface area contributed by atoms with E-state index in [-0.39, 0.29) is 0 Å². The van der Waals surface area contributed by atoms with Crippen LogP contribution in [0.15, 0.2) is 0 Å². The maximum Gasteiger partial charge on any atom is 0.237 e. The summed E-state index contributed by atoms with van der Waals surface area (Å²) in [7, 11) is 0. The molecule has 0 saturated carbocycles. The lowest BCUT2D eigenvalue weighted by Crippen LogP contribution is -2.58. The van der Waals surface area contributed by atoms with Gasteiger partial charge in [-0.3, -0.25) is 4.79 Å². The molecule has 1 saturated heterocycles. The minimum atomic E-state index is -0.859. The number of aromatic nitrogens is 2. The molecule has 7 heteroatoms. The number of hydrogen-bond donors (Lipinski definition) is 2. The average Bonchev–Trinajstić information content (AvgIpc) is 2.77. The van der Waals surface area contributed by atoms with Gasteiger partial charge in [0.2, 0.25) is 11.0 Å². The van der Waals surface area contributed by atoms with E-state index in [0.717, 1.165) is 17.4 Å². The molecule has 1 aromatic heterocycles. The Kier molecular flexibility index (Phi) is 4.05. The van der Waals surface area contributed by atoms with Crippen LogP contribution in [0.3, 0.4) is 0 Å². The standard InChI is InChI=1S/C12H21N5OS/c1-8(2)7-9-15-11(19-16-9)17-5-3-12(14,4-6-17)10(13)18/h8H,3-7,14H2,1-2H3,(H2,13,18). The number of carbonyl (C=O) groups is 1. The number of primary amides is 1. The van der Waals surface area contributed by atoms with Crippen LogP contribution in [0.25, 0.3) is 0 Å². The summed E-state index contributed by atoms with van der Waals surface area (Å²) in [5, 5.41) is 0.919. The molecule has 4 N–H and O–H groups in total. The van der Waals surface area contributed by atoms with Crippen LogP contribution in [0, 0.1) is 5.92 Å². The number of rotatable bonds is 4. The molecular weight excluding hydrogens is 262 g/mol. The van der Waals surface area contributed by atoms with Crippen molar-refractivity contribution in [2.24, 2.45) is 17.4 Å². The molecule has 19 heavy (non-hydrogen) atoms. The van der Waals surface area contributed by atoms with Gasteiger partial charge in [0, 0.05) is 31.0 Å². The lowest BCUT2D eigenvalue weighted by atomic mass is 9.88. The Morgan fingerprint density at radius 3 is 2.63 bits per heavy atom. The molecule has 0 unspecified atom stereocenters. The van der Waals surface area contributed by atoms with Crippen molar-refractivity contribution in [2.45, 2.75) is 38.6 Å².